The molecular formula is C12H17N3O3S2. The van der Waals surface area contributed by atoms with Crippen LogP contribution in [0.4, 0.5) is 5.69 Å². The molecule has 8 heteroatoms. The van der Waals surface area contributed by atoms with E-state index in [-0.39, 0.29) is 15.9 Å². The molecule has 0 saturated carbocycles. The minimum absolute atomic E-state index is 0.181. The van der Waals surface area contributed by atoms with Crippen molar-refractivity contribution in [2.75, 3.05) is 19.4 Å². The fourth-order valence-electron chi connectivity index (χ4n) is 1.30. The molecule has 6 nitrogen and oxygen atoms in total. The first-order valence-corrected chi connectivity index (χ1v) is 7.75. The number of nitrogens with zero attached hydrogens (tertiary/aromatic N) is 1. The van der Waals surface area contributed by atoms with E-state index in [1.165, 1.54) is 26.2 Å². The molecule has 0 atom stereocenters. The van der Waals surface area contributed by atoms with Crippen LogP contribution in [0.3, 0.4) is 0 Å². The SMILES string of the molecule is CCC(=O)NC(=S)Nc1ccc(S(=O)(=O)N(C)C)cc1. The molecule has 1 aromatic carbocycles. The van der Waals surface area contributed by atoms with Crippen molar-refractivity contribution in [2.45, 2.75) is 18.2 Å². The summed E-state index contributed by atoms with van der Waals surface area (Å²) >= 11 is 4.96. The predicted octanol–water partition coefficient (Wildman–Crippen LogP) is 1.16. The molecule has 0 bridgehead atoms. The first kappa shape index (κ1) is 16.5. The number of anilines is 1. The van der Waals surface area contributed by atoms with Gasteiger partial charge >= 0.3 is 0 Å². The van der Waals surface area contributed by atoms with Crippen LogP contribution in [0.5, 0.6) is 0 Å². The molecule has 1 aromatic rings. The Bertz CT molecular complexity index is 595. The second kappa shape index (κ2) is 6.78. The Morgan fingerprint density at radius 1 is 1.25 bits per heavy atom. The van der Waals surface area contributed by atoms with Crippen molar-refractivity contribution in [3.8, 4) is 0 Å². The van der Waals surface area contributed by atoms with Gasteiger partial charge in [0.1, 0.15) is 0 Å². The summed E-state index contributed by atoms with van der Waals surface area (Å²) in [6.07, 6.45) is 0.335. The Kier molecular flexibility index (Phi) is 5.61. The second-order valence-corrected chi connectivity index (χ2v) is 6.73. The lowest BCUT2D eigenvalue weighted by Crippen LogP contribution is -2.33. The molecule has 1 amide bonds. The van der Waals surface area contributed by atoms with Crippen LogP contribution in [0.2, 0.25) is 0 Å². The molecule has 0 heterocycles. The largest absolute Gasteiger partial charge is 0.332 e. The molecule has 2 N–H and O–H groups in total. The molecule has 0 fully saturated rings. The maximum atomic E-state index is 11.9. The zero-order chi connectivity index (χ0) is 15.3. The van der Waals surface area contributed by atoms with Crippen molar-refractivity contribution in [3.05, 3.63) is 24.3 Å². The third kappa shape index (κ3) is 4.26. The molecule has 0 spiro atoms. The third-order valence-corrected chi connectivity index (χ3v) is 4.50. The van der Waals surface area contributed by atoms with E-state index < -0.39 is 10.0 Å². The summed E-state index contributed by atoms with van der Waals surface area (Å²) in [6.45, 7) is 1.72. The lowest BCUT2D eigenvalue weighted by atomic mass is 10.3. The number of hydrogen-bond acceptors (Lipinski definition) is 4. The van der Waals surface area contributed by atoms with Gasteiger partial charge in [-0.05, 0) is 36.5 Å². The van der Waals surface area contributed by atoms with Gasteiger partial charge < -0.3 is 10.6 Å². The standard InChI is InChI=1S/C12H17N3O3S2/c1-4-11(16)14-12(19)13-9-5-7-10(8-6-9)20(17,18)15(2)3/h5-8H,4H2,1-3H3,(H2,13,14,16,19). The van der Waals surface area contributed by atoms with E-state index in [2.05, 4.69) is 10.6 Å². The van der Waals surface area contributed by atoms with E-state index in [9.17, 15) is 13.2 Å². The number of amides is 1. The summed E-state index contributed by atoms with van der Waals surface area (Å²) in [5.41, 5.74) is 0.601. The number of carbonyl (C=O) groups is 1. The lowest BCUT2D eigenvalue weighted by Gasteiger charge is -2.12. The van der Waals surface area contributed by atoms with Gasteiger partial charge in [-0.1, -0.05) is 6.92 Å². The smallest absolute Gasteiger partial charge is 0.242 e. The van der Waals surface area contributed by atoms with Crippen LogP contribution < -0.4 is 10.6 Å². The van der Waals surface area contributed by atoms with Gasteiger partial charge in [-0.15, -0.1) is 0 Å². The van der Waals surface area contributed by atoms with Gasteiger partial charge in [0, 0.05) is 26.2 Å². The Balaban J connectivity index is 2.78. The van der Waals surface area contributed by atoms with Gasteiger partial charge in [-0.25, -0.2) is 12.7 Å². The first-order valence-electron chi connectivity index (χ1n) is 5.90. The minimum Gasteiger partial charge on any atom is -0.332 e. The summed E-state index contributed by atoms with van der Waals surface area (Å²) in [5, 5.41) is 5.48. The highest BCUT2D eigenvalue weighted by molar-refractivity contribution is 7.89. The first-order chi connectivity index (χ1) is 9.27. The van der Waals surface area contributed by atoms with Crippen molar-refractivity contribution in [1.82, 2.24) is 9.62 Å². The average Bonchev–Trinajstić information content (AvgIpc) is 2.38. The van der Waals surface area contributed by atoms with Crippen LogP contribution in [0.1, 0.15) is 13.3 Å². The van der Waals surface area contributed by atoms with E-state index in [1.807, 2.05) is 0 Å². The topological polar surface area (TPSA) is 78.5 Å². The predicted molar refractivity (Wildman–Crippen MR) is 82.0 cm³/mol. The zero-order valence-corrected chi connectivity index (χ0v) is 13.1. The van der Waals surface area contributed by atoms with Crippen LogP contribution in [-0.2, 0) is 14.8 Å². The normalized spacial score (nSPS) is 11.2. The van der Waals surface area contributed by atoms with Gasteiger partial charge in [0.05, 0.1) is 4.90 Å². The van der Waals surface area contributed by atoms with E-state index in [0.717, 1.165) is 4.31 Å². The maximum absolute atomic E-state index is 11.9. The summed E-state index contributed by atoms with van der Waals surface area (Å²) in [4.78, 5) is 11.3. The lowest BCUT2D eigenvalue weighted by molar-refractivity contribution is -0.119. The van der Waals surface area contributed by atoms with Crippen LogP contribution in [0.15, 0.2) is 29.2 Å². The Morgan fingerprint density at radius 2 is 1.80 bits per heavy atom. The third-order valence-electron chi connectivity index (χ3n) is 2.46. The number of sulfonamides is 1. The number of carbonyl (C=O) groups excluding carboxylic acids is 1. The van der Waals surface area contributed by atoms with E-state index >= 15 is 0 Å². The van der Waals surface area contributed by atoms with Crippen LogP contribution in [0.25, 0.3) is 0 Å². The highest BCUT2D eigenvalue weighted by atomic mass is 32.2. The molecular weight excluding hydrogens is 298 g/mol. The summed E-state index contributed by atoms with van der Waals surface area (Å²) < 4.78 is 24.9. The van der Waals surface area contributed by atoms with E-state index in [1.54, 1.807) is 19.1 Å². The number of rotatable bonds is 4. The van der Waals surface area contributed by atoms with Gasteiger partial charge in [-0.2, -0.15) is 0 Å². The fourth-order valence-corrected chi connectivity index (χ4v) is 2.43. The molecule has 0 aliphatic rings. The number of hydrogen-bond donors (Lipinski definition) is 2. The maximum Gasteiger partial charge on any atom is 0.242 e. The van der Waals surface area contributed by atoms with Crippen molar-refractivity contribution in [1.29, 1.82) is 0 Å². The Labute approximate surface area is 124 Å². The van der Waals surface area contributed by atoms with Crippen molar-refractivity contribution < 1.29 is 13.2 Å². The number of nitrogens with one attached hydrogen (secondary N) is 2. The molecule has 1 rings (SSSR count). The second-order valence-electron chi connectivity index (χ2n) is 4.17. The van der Waals surface area contributed by atoms with E-state index in [4.69, 9.17) is 12.2 Å². The zero-order valence-electron chi connectivity index (χ0n) is 11.5. The summed E-state index contributed by atoms with van der Waals surface area (Å²) in [7, 11) is -0.504. The monoisotopic (exact) mass is 315 g/mol. The van der Waals surface area contributed by atoms with Crippen LogP contribution in [-0.4, -0.2) is 37.8 Å². The van der Waals surface area contributed by atoms with Crippen LogP contribution in [0, 0.1) is 0 Å². The molecule has 0 aliphatic carbocycles. The van der Waals surface area contributed by atoms with Crippen molar-refractivity contribution >= 4 is 38.9 Å². The van der Waals surface area contributed by atoms with Crippen molar-refractivity contribution in [3.63, 3.8) is 0 Å². The highest BCUT2D eigenvalue weighted by Crippen LogP contribution is 2.16. The number of benzene rings is 1. The Hall–Kier alpha value is -1.51. The van der Waals surface area contributed by atoms with Gasteiger partial charge in [0.2, 0.25) is 15.9 Å². The van der Waals surface area contributed by atoms with E-state index in [0.29, 0.717) is 12.1 Å². The summed E-state index contributed by atoms with van der Waals surface area (Å²) in [5.74, 6) is -0.186. The molecule has 0 aliphatic heterocycles. The molecule has 0 aromatic heterocycles. The molecule has 0 radical (unpaired) electrons. The average molecular weight is 315 g/mol. The van der Waals surface area contributed by atoms with Crippen molar-refractivity contribution in [2.24, 2.45) is 0 Å². The molecule has 0 unspecified atom stereocenters. The Morgan fingerprint density at radius 3 is 2.25 bits per heavy atom. The van der Waals surface area contributed by atoms with Gasteiger partial charge in [0.15, 0.2) is 5.11 Å². The molecule has 110 valence electrons. The molecule has 0 saturated heterocycles. The quantitative estimate of drug-likeness (QED) is 0.815. The van der Waals surface area contributed by atoms with Gasteiger partial charge in [0.25, 0.3) is 0 Å². The summed E-state index contributed by atoms with van der Waals surface area (Å²) in [6, 6.07) is 6.12. The van der Waals surface area contributed by atoms with Gasteiger partial charge in [-0.3, -0.25) is 4.79 Å². The minimum atomic E-state index is -3.44. The highest BCUT2D eigenvalue weighted by Gasteiger charge is 2.16. The number of thiocarbonyl (C=S) groups is 1. The molecule has 20 heavy (non-hydrogen) atoms. The fraction of sp³-hybridized carbons (Fsp3) is 0.333. The van der Waals surface area contributed by atoms with Crippen LogP contribution >= 0.6 is 12.2 Å².